The molecule has 0 saturated carbocycles. The van der Waals surface area contributed by atoms with E-state index >= 15 is 0 Å². The number of carbonyl (C=O) groups excluding carboxylic acids is 1. The summed E-state index contributed by atoms with van der Waals surface area (Å²) in [6, 6.07) is 6.56. The van der Waals surface area contributed by atoms with Crippen molar-refractivity contribution in [2.24, 2.45) is 0 Å². The summed E-state index contributed by atoms with van der Waals surface area (Å²) in [6.07, 6.45) is 3.27. The monoisotopic (exact) mass is 326 g/mol. The number of amides is 1. The van der Waals surface area contributed by atoms with Crippen LogP contribution in [-0.2, 0) is 0 Å². The molecule has 0 bridgehead atoms. The van der Waals surface area contributed by atoms with Gasteiger partial charge >= 0.3 is 0 Å². The molecule has 0 aliphatic carbocycles. The van der Waals surface area contributed by atoms with Crippen LogP contribution in [0.1, 0.15) is 20.9 Å². The molecule has 2 aromatic heterocycles. The van der Waals surface area contributed by atoms with Gasteiger partial charge in [0.05, 0.1) is 5.69 Å². The van der Waals surface area contributed by atoms with Gasteiger partial charge in [-0.25, -0.2) is 15.0 Å². The van der Waals surface area contributed by atoms with Gasteiger partial charge < -0.3 is 10.4 Å². The van der Waals surface area contributed by atoms with Crippen molar-refractivity contribution < 1.29 is 9.90 Å². The molecule has 0 unspecified atom stereocenters. The number of aromatic nitrogens is 3. The number of carbonyl (C=O) groups is 1. The van der Waals surface area contributed by atoms with E-state index in [-0.39, 0.29) is 11.7 Å². The molecule has 0 spiro atoms. The molecule has 2 N–H and O–H groups in total. The Kier molecular flexibility index (Phi) is 4.03. The molecule has 0 aliphatic rings. The second-order valence-corrected chi connectivity index (χ2v) is 5.96. The van der Waals surface area contributed by atoms with Crippen molar-refractivity contribution in [2.75, 3.05) is 5.32 Å². The lowest BCUT2D eigenvalue weighted by Crippen LogP contribution is -2.12. The Morgan fingerprint density at radius 2 is 1.96 bits per heavy atom. The average molecular weight is 326 g/mol. The zero-order valence-corrected chi connectivity index (χ0v) is 13.4. The molecule has 0 atom stereocenters. The summed E-state index contributed by atoms with van der Waals surface area (Å²) < 4.78 is 0. The molecule has 3 aromatic rings. The molecular formula is C16H14N4O2S. The lowest BCUT2D eigenvalue weighted by atomic mass is 10.2. The van der Waals surface area contributed by atoms with Crippen LogP contribution >= 0.6 is 11.3 Å². The number of nitrogens with one attached hydrogen (secondary N) is 1. The molecule has 23 heavy (non-hydrogen) atoms. The lowest BCUT2D eigenvalue weighted by molar-refractivity contribution is 0.102. The first-order chi connectivity index (χ1) is 11.0. The zero-order valence-electron chi connectivity index (χ0n) is 12.6. The minimum absolute atomic E-state index is 0.102. The number of hydrogen-bond donors (Lipinski definition) is 2. The van der Waals surface area contributed by atoms with Crippen LogP contribution < -0.4 is 5.32 Å². The Balaban J connectivity index is 1.88. The largest absolute Gasteiger partial charge is 0.508 e. The fourth-order valence-corrected chi connectivity index (χ4v) is 2.95. The van der Waals surface area contributed by atoms with Crippen molar-refractivity contribution in [1.29, 1.82) is 0 Å². The minimum atomic E-state index is -0.268. The molecule has 0 saturated heterocycles. The summed E-state index contributed by atoms with van der Waals surface area (Å²) in [6.45, 7) is 3.63. The zero-order chi connectivity index (χ0) is 16.4. The van der Waals surface area contributed by atoms with E-state index in [0.29, 0.717) is 27.1 Å². The van der Waals surface area contributed by atoms with Crippen molar-refractivity contribution in [3.05, 3.63) is 52.8 Å². The highest BCUT2D eigenvalue weighted by Crippen LogP contribution is 2.27. The van der Waals surface area contributed by atoms with Gasteiger partial charge in [0.25, 0.3) is 5.91 Å². The van der Waals surface area contributed by atoms with Gasteiger partial charge in [0.1, 0.15) is 10.6 Å². The standard InChI is InChI=1S/C16H14N4O2S/c1-9-4-5-11(21)8-12(9)20-15(22)13-10(2)19-16(23-13)14-17-6-3-7-18-14/h3-8,21H,1-2H3,(H,20,22). The van der Waals surface area contributed by atoms with Gasteiger partial charge in [0, 0.05) is 24.1 Å². The molecule has 1 aromatic carbocycles. The van der Waals surface area contributed by atoms with Gasteiger partial charge in [-0.05, 0) is 31.5 Å². The van der Waals surface area contributed by atoms with Gasteiger partial charge in [-0.1, -0.05) is 6.07 Å². The fourth-order valence-electron chi connectivity index (χ4n) is 2.04. The van der Waals surface area contributed by atoms with Crippen molar-refractivity contribution in [3.8, 4) is 16.6 Å². The number of aryl methyl sites for hydroxylation is 2. The molecular weight excluding hydrogens is 312 g/mol. The van der Waals surface area contributed by atoms with Crippen molar-refractivity contribution in [1.82, 2.24) is 15.0 Å². The minimum Gasteiger partial charge on any atom is -0.508 e. The highest BCUT2D eigenvalue weighted by Gasteiger charge is 2.18. The summed E-state index contributed by atoms with van der Waals surface area (Å²) in [7, 11) is 0. The van der Waals surface area contributed by atoms with E-state index in [1.807, 2.05) is 6.92 Å². The van der Waals surface area contributed by atoms with Crippen molar-refractivity contribution in [3.63, 3.8) is 0 Å². The van der Waals surface area contributed by atoms with Gasteiger partial charge in [-0.15, -0.1) is 11.3 Å². The molecule has 1 amide bonds. The van der Waals surface area contributed by atoms with Gasteiger partial charge in [0.15, 0.2) is 10.8 Å². The molecule has 0 fully saturated rings. The predicted octanol–water partition coefficient (Wildman–Crippen LogP) is 3.17. The van der Waals surface area contributed by atoms with Gasteiger partial charge in [-0.3, -0.25) is 4.79 Å². The van der Waals surface area contributed by atoms with E-state index < -0.39 is 0 Å². The number of anilines is 1. The van der Waals surface area contributed by atoms with E-state index in [0.717, 1.165) is 5.56 Å². The van der Waals surface area contributed by atoms with E-state index in [4.69, 9.17) is 0 Å². The van der Waals surface area contributed by atoms with Gasteiger partial charge in [-0.2, -0.15) is 0 Å². The van der Waals surface area contributed by atoms with Crippen LogP contribution in [0.2, 0.25) is 0 Å². The third-order valence-electron chi connectivity index (χ3n) is 3.23. The number of benzene rings is 1. The van der Waals surface area contributed by atoms with Crippen LogP contribution in [0.25, 0.3) is 10.8 Å². The summed E-state index contributed by atoms with van der Waals surface area (Å²) >= 11 is 1.24. The highest BCUT2D eigenvalue weighted by molar-refractivity contribution is 7.17. The molecule has 6 nitrogen and oxygen atoms in total. The topological polar surface area (TPSA) is 88.0 Å². The number of nitrogens with zero attached hydrogens (tertiary/aromatic N) is 3. The maximum atomic E-state index is 12.5. The number of aromatic hydroxyl groups is 1. The Bertz CT molecular complexity index is 862. The van der Waals surface area contributed by atoms with Crippen LogP contribution in [-0.4, -0.2) is 26.0 Å². The first-order valence-corrected chi connectivity index (χ1v) is 7.72. The van der Waals surface area contributed by atoms with Crippen LogP contribution in [0.4, 0.5) is 5.69 Å². The quantitative estimate of drug-likeness (QED) is 0.772. The summed E-state index contributed by atoms with van der Waals surface area (Å²) in [5, 5.41) is 13.0. The van der Waals surface area contributed by atoms with E-state index in [1.165, 1.54) is 17.4 Å². The van der Waals surface area contributed by atoms with Crippen molar-refractivity contribution >= 4 is 22.9 Å². The fraction of sp³-hybridized carbons (Fsp3) is 0.125. The smallest absolute Gasteiger partial charge is 0.267 e. The molecule has 7 heteroatoms. The maximum absolute atomic E-state index is 12.5. The lowest BCUT2D eigenvalue weighted by Gasteiger charge is -2.07. The van der Waals surface area contributed by atoms with Crippen LogP contribution in [0, 0.1) is 13.8 Å². The second kappa shape index (κ2) is 6.13. The number of phenolic OH excluding ortho intramolecular Hbond substituents is 1. The van der Waals surface area contributed by atoms with Crippen LogP contribution in [0.15, 0.2) is 36.7 Å². The first kappa shape index (κ1) is 15.1. The Hall–Kier alpha value is -2.80. The predicted molar refractivity (Wildman–Crippen MR) is 88.7 cm³/mol. The van der Waals surface area contributed by atoms with Crippen LogP contribution in [0.5, 0.6) is 5.75 Å². The number of phenols is 1. The number of thiazole rings is 1. The van der Waals surface area contributed by atoms with Crippen molar-refractivity contribution in [2.45, 2.75) is 13.8 Å². The van der Waals surface area contributed by atoms with E-state index in [9.17, 15) is 9.90 Å². The molecule has 3 rings (SSSR count). The molecule has 116 valence electrons. The SMILES string of the molecule is Cc1ccc(O)cc1NC(=O)c1sc(-c2ncccn2)nc1C. The van der Waals surface area contributed by atoms with Gasteiger partial charge in [0.2, 0.25) is 0 Å². The normalized spacial score (nSPS) is 10.5. The van der Waals surface area contributed by atoms with E-state index in [1.54, 1.807) is 37.5 Å². The third-order valence-corrected chi connectivity index (χ3v) is 4.38. The van der Waals surface area contributed by atoms with E-state index in [2.05, 4.69) is 20.3 Å². The first-order valence-electron chi connectivity index (χ1n) is 6.90. The summed E-state index contributed by atoms with van der Waals surface area (Å²) in [4.78, 5) is 25.6. The summed E-state index contributed by atoms with van der Waals surface area (Å²) in [5.74, 6) is 0.328. The maximum Gasteiger partial charge on any atom is 0.267 e. The molecule has 2 heterocycles. The second-order valence-electron chi connectivity index (χ2n) is 4.96. The molecule has 0 radical (unpaired) electrons. The third kappa shape index (κ3) is 3.19. The molecule has 0 aliphatic heterocycles. The van der Waals surface area contributed by atoms with Crippen LogP contribution in [0.3, 0.4) is 0 Å². The highest BCUT2D eigenvalue weighted by atomic mass is 32.1. The Morgan fingerprint density at radius 1 is 1.22 bits per heavy atom. The Morgan fingerprint density at radius 3 is 2.70 bits per heavy atom. The number of hydrogen-bond acceptors (Lipinski definition) is 6. The Labute approximate surface area is 136 Å². The average Bonchev–Trinajstić information content (AvgIpc) is 2.94. The summed E-state index contributed by atoms with van der Waals surface area (Å²) in [5.41, 5.74) is 2.05. The number of rotatable bonds is 3.